The Morgan fingerprint density at radius 1 is 1.17 bits per heavy atom. The van der Waals surface area contributed by atoms with Gasteiger partial charge in [-0.2, -0.15) is 0 Å². The van der Waals surface area contributed by atoms with Crippen LogP contribution in [-0.2, 0) is 0 Å². The highest BCUT2D eigenvalue weighted by molar-refractivity contribution is 5.43. The maximum absolute atomic E-state index is 5.47. The van der Waals surface area contributed by atoms with Crippen molar-refractivity contribution in [3.63, 3.8) is 0 Å². The van der Waals surface area contributed by atoms with Crippen molar-refractivity contribution in [2.75, 3.05) is 27.3 Å². The summed E-state index contributed by atoms with van der Waals surface area (Å²) in [6, 6.07) is 6.30. The Morgan fingerprint density at radius 2 is 1.89 bits per heavy atom. The third-order valence-electron chi connectivity index (χ3n) is 2.99. The molecule has 0 radical (unpaired) electrons. The highest BCUT2D eigenvalue weighted by Gasteiger charge is 2.09. The number of nitrogens with one attached hydrogen (secondary N) is 1. The number of nitrogens with two attached hydrogens (primary N) is 1. The molecule has 1 aromatic carbocycles. The molecule has 0 aliphatic carbocycles. The summed E-state index contributed by atoms with van der Waals surface area (Å²) < 4.78 is 10.5. The third-order valence-corrected chi connectivity index (χ3v) is 2.99. The van der Waals surface area contributed by atoms with Crippen molar-refractivity contribution in [1.29, 1.82) is 0 Å². The Bertz CT molecular complexity index is 356. The molecule has 1 atom stereocenters. The van der Waals surface area contributed by atoms with Crippen LogP contribution in [0.1, 0.15) is 31.4 Å². The van der Waals surface area contributed by atoms with Gasteiger partial charge in [-0.25, -0.2) is 0 Å². The van der Waals surface area contributed by atoms with E-state index in [1.54, 1.807) is 14.2 Å². The molecule has 102 valence electrons. The summed E-state index contributed by atoms with van der Waals surface area (Å²) in [6.07, 6.45) is 2.17. The molecule has 0 bridgehead atoms. The van der Waals surface area contributed by atoms with Crippen LogP contribution in [0.2, 0.25) is 0 Å². The summed E-state index contributed by atoms with van der Waals surface area (Å²) in [5.74, 6) is 1.53. The van der Waals surface area contributed by atoms with Crippen LogP contribution in [0.15, 0.2) is 18.2 Å². The van der Waals surface area contributed by atoms with Crippen LogP contribution in [0.3, 0.4) is 0 Å². The van der Waals surface area contributed by atoms with E-state index in [-0.39, 0.29) is 0 Å². The van der Waals surface area contributed by atoms with Crippen LogP contribution < -0.4 is 20.5 Å². The molecule has 0 spiro atoms. The Morgan fingerprint density at radius 3 is 2.50 bits per heavy atom. The van der Waals surface area contributed by atoms with Gasteiger partial charge in [0.2, 0.25) is 0 Å². The first-order valence-corrected chi connectivity index (χ1v) is 6.38. The predicted octanol–water partition coefficient (Wildman–Crippen LogP) is 2.09. The smallest absolute Gasteiger partial charge is 0.161 e. The average molecular weight is 252 g/mol. The van der Waals surface area contributed by atoms with E-state index in [0.29, 0.717) is 6.04 Å². The molecule has 4 heteroatoms. The molecule has 1 unspecified atom stereocenters. The first-order chi connectivity index (χ1) is 8.72. The quantitative estimate of drug-likeness (QED) is 0.696. The van der Waals surface area contributed by atoms with Gasteiger partial charge in [0.1, 0.15) is 0 Å². The molecular formula is C14H24N2O2. The maximum atomic E-state index is 5.47. The fourth-order valence-corrected chi connectivity index (χ4v) is 1.83. The van der Waals surface area contributed by atoms with E-state index in [1.807, 2.05) is 12.1 Å². The number of ether oxygens (including phenoxy) is 2. The molecule has 3 N–H and O–H groups in total. The number of rotatable bonds is 8. The van der Waals surface area contributed by atoms with E-state index >= 15 is 0 Å². The molecule has 0 aromatic heterocycles. The van der Waals surface area contributed by atoms with Gasteiger partial charge < -0.3 is 20.5 Å². The molecule has 1 rings (SSSR count). The monoisotopic (exact) mass is 252 g/mol. The van der Waals surface area contributed by atoms with Crippen LogP contribution in [0.4, 0.5) is 0 Å². The molecule has 18 heavy (non-hydrogen) atoms. The fraction of sp³-hybridized carbons (Fsp3) is 0.571. The van der Waals surface area contributed by atoms with Crippen LogP contribution in [0.25, 0.3) is 0 Å². The lowest BCUT2D eigenvalue weighted by atomic mass is 10.1. The van der Waals surface area contributed by atoms with Gasteiger partial charge in [0, 0.05) is 6.04 Å². The molecule has 0 aliphatic rings. The fourth-order valence-electron chi connectivity index (χ4n) is 1.83. The van der Waals surface area contributed by atoms with E-state index < -0.39 is 0 Å². The van der Waals surface area contributed by atoms with E-state index in [9.17, 15) is 0 Å². The summed E-state index contributed by atoms with van der Waals surface area (Å²) in [4.78, 5) is 0. The van der Waals surface area contributed by atoms with Crippen molar-refractivity contribution in [3.05, 3.63) is 23.8 Å². The first kappa shape index (κ1) is 14.8. The molecular weight excluding hydrogens is 228 g/mol. The maximum Gasteiger partial charge on any atom is 0.161 e. The second kappa shape index (κ2) is 7.95. The highest BCUT2D eigenvalue weighted by atomic mass is 16.5. The first-order valence-electron chi connectivity index (χ1n) is 6.38. The molecule has 0 fully saturated rings. The normalized spacial score (nSPS) is 12.2. The van der Waals surface area contributed by atoms with Gasteiger partial charge in [-0.1, -0.05) is 6.07 Å². The largest absolute Gasteiger partial charge is 0.493 e. The lowest BCUT2D eigenvalue weighted by Crippen LogP contribution is -2.20. The average Bonchev–Trinajstić information content (AvgIpc) is 2.42. The molecule has 0 saturated heterocycles. The van der Waals surface area contributed by atoms with E-state index in [1.165, 1.54) is 5.56 Å². The Labute approximate surface area is 109 Å². The Hall–Kier alpha value is -1.26. The second-order valence-corrected chi connectivity index (χ2v) is 4.29. The Kier molecular flexibility index (Phi) is 6.54. The van der Waals surface area contributed by atoms with E-state index in [4.69, 9.17) is 15.2 Å². The zero-order valence-electron chi connectivity index (χ0n) is 11.5. The lowest BCUT2D eigenvalue weighted by molar-refractivity contribution is 0.354. The Balaban J connectivity index is 2.59. The van der Waals surface area contributed by atoms with Gasteiger partial charge >= 0.3 is 0 Å². The van der Waals surface area contributed by atoms with Crippen LogP contribution in [0.5, 0.6) is 11.5 Å². The van der Waals surface area contributed by atoms with Gasteiger partial charge in [-0.15, -0.1) is 0 Å². The van der Waals surface area contributed by atoms with Gasteiger partial charge in [0.05, 0.1) is 14.2 Å². The molecule has 1 aromatic rings. The van der Waals surface area contributed by atoms with Crippen molar-refractivity contribution >= 4 is 0 Å². The minimum absolute atomic E-state index is 0.294. The standard InChI is InChI=1S/C14H24N2O2/c1-11(16-9-5-4-8-15)12-6-7-13(17-2)14(10-12)18-3/h6-7,10-11,16H,4-5,8-9,15H2,1-3H3. The number of hydrogen-bond acceptors (Lipinski definition) is 4. The van der Waals surface area contributed by atoms with Crippen molar-refractivity contribution in [2.24, 2.45) is 5.73 Å². The molecule has 0 saturated carbocycles. The second-order valence-electron chi connectivity index (χ2n) is 4.29. The summed E-state index contributed by atoms with van der Waals surface area (Å²) >= 11 is 0. The van der Waals surface area contributed by atoms with Crippen molar-refractivity contribution < 1.29 is 9.47 Å². The molecule has 0 heterocycles. The number of benzene rings is 1. The summed E-state index contributed by atoms with van der Waals surface area (Å²) in [7, 11) is 3.30. The zero-order chi connectivity index (χ0) is 13.4. The van der Waals surface area contributed by atoms with Crippen LogP contribution >= 0.6 is 0 Å². The molecule has 4 nitrogen and oxygen atoms in total. The summed E-state index contributed by atoms with van der Waals surface area (Å²) in [5.41, 5.74) is 6.66. The van der Waals surface area contributed by atoms with Gasteiger partial charge in [0.15, 0.2) is 11.5 Å². The summed E-state index contributed by atoms with van der Waals surface area (Å²) in [6.45, 7) is 3.88. The minimum atomic E-state index is 0.294. The molecule has 0 amide bonds. The van der Waals surface area contributed by atoms with Gasteiger partial charge in [-0.3, -0.25) is 0 Å². The van der Waals surface area contributed by atoms with E-state index in [0.717, 1.165) is 37.4 Å². The topological polar surface area (TPSA) is 56.5 Å². The highest BCUT2D eigenvalue weighted by Crippen LogP contribution is 2.29. The van der Waals surface area contributed by atoms with Crippen molar-refractivity contribution in [1.82, 2.24) is 5.32 Å². The number of unbranched alkanes of at least 4 members (excludes halogenated alkanes) is 1. The third kappa shape index (κ3) is 4.20. The number of hydrogen-bond donors (Lipinski definition) is 2. The minimum Gasteiger partial charge on any atom is -0.493 e. The van der Waals surface area contributed by atoms with Crippen LogP contribution in [-0.4, -0.2) is 27.3 Å². The zero-order valence-corrected chi connectivity index (χ0v) is 11.5. The number of methoxy groups -OCH3 is 2. The van der Waals surface area contributed by atoms with Gasteiger partial charge in [-0.05, 0) is 50.6 Å². The molecule has 0 aliphatic heterocycles. The SMILES string of the molecule is COc1ccc(C(C)NCCCCN)cc1OC. The lowest BCUT2D eigenvalue weighted by Gasteiger charge is -2.16. The van der Waals surface area contributed by atoms with Gasteiger partial charge in [0.25, 0.3) is 0 Å². The van der Waals surface area contributed by atoms with Crippen molar-refractivity contribution in [2.45, 2.75) is 25.8 Å². The van der Waals surface area contributed by atoms with Crippen LogP contribution in [0, 0.1) is 0 Å². The predicted molar refractivity (Wildman–Crippen MR) is 74.3 cm³/mol. The van der Waals surface area contributed by atoms with Crippen molar-refractivity contribution in [3.8, 4) is 11.5 Å². The van der Waals surface area contributed by atoms with E-state index in [2.05, 4.69) is 18.3 Å². The summed E-state index contributed by atoms with van der Waals surface area (Å²) in [5, 5.41) is 3.47.